The van der Waals surface area contributed by atoms with Gasteiger partial charge in [-0.15, -0.1) is 5.10 Å². The number of imide groups is 1. The van der Waals surface area contributed by atoms with Crippen molar-refractivity contribution in [2.75, 3.05) is 0 Å². The quantitative estimate of drug-likeness (QED) is 0.607. The van der Waals surface area contributed by atoms with Gasteiger partial charge < -0.3 is 4.84 Å². The fourth-order valence-electron chi connectivity index (χ4n) is 4.96. The maximum Gasteiger partial charge on any atom is 0.340 e. The van der Waals surface area contributed by atoms with Crippen molar-refractivity contribution in [3.05, 3.63) is 64.9 Å². The number of nitrogens with zero attached hydrogens (tertiary/aromatic N) is 4. The van der Waals surface area contributed by atoms with Crippen molar-refractivity contribution in [1.82, 2.24) is 19.7 Å². The third-order valence-electron chi connectivity index (χ3n) is 6.49. The molecule has 1 saturated carbocycles. The summed E-state index contributed by atoms with van der Waals surface area (Å²) in [5, 5.41) is 4.45. The molecule has 3 aliphatic rings. The second-order valence-corrected chi connectivity index (χ2v) is 8.05. The molecule has 2 amide bonds. The Hall–Kier alpha value is -3.62. The second kappa shape index (κ2) is 5.71. The van der Waals surface area contributed by atoms with Crippen LogP contribution in [-0.2, 0) is 15.0 Å². The minimum Gasteiger partial charge on any atom is -0.329 e. The zero-order chi connectivity index (χ0) is 20.6. The Kier molecular flexibility index (Phi) is 3.29. The number of amides is 2. The summed E-state index contributed by atoms with van der Waals surface area (Å²) in [7, 11) is 0. The Morgan fingerprint density at radius 2 is 1.87 bits per heavy atom. The van der Waals surface area contributed by atoms with E-state index >= 15 is 0 Å². The largest absolute Gasteiger partial charge is 0.340 e. The van der Waals surface area contributed by atoms with Crippen molar-refractivity contribution < 1.29 is 23.6 Å². The van der Waals surface area contributed by atoms with Crippen LogP contribution in [0.1, 0.15) is 63.6 Å². The molecule has 1 unspecified atom stereocenters. The lowest BCUT2D eigenvalue weighted by Crippen LogP contribution is -2.36. The lowest BCUT2D eigenvalue weighted by molar-refractivity contribution is -0.170. The molecular formula is C21H15FN4O4. The summed E-state index contributed by atoms with van der Waals surface area (Å²) >= 11 is 0. The molecule has 30 heavy (non-hydrogen) atoms. The molecule has 2 aliphatic carbocycles. The molecule has 6 rings (SSSR count). The number of fused-ring (bicyclic) bond motifs is 5. The first-order chi connectivity index (χ1) is 14.5. The topological polar surface area (TPSA) is 93.9 Å². The summed E-state index contributed by atoms with van der Waals surface area (Å²) in [6.45, 7) is 0. The summed E-state index contributed by atoms with van der Waals surface area (Å²) in [6.07, 6.45) is 4.68. The van der Waals surface area contributed by atoms with Crippen LogP contribution in [0.4, 0.5) is 4.39 Å². The van der Waals surface area contributed by atoms with E-state index in [4.69, 9.17) is 4.84 Å². The van der Waals surface area contributed by atoms with Gasteiger partial charge in [-0.2, -0.15) is 4.39 Å². The summed E-state index contributed by atoms with van der Waals surface area (Å²) in [5.41, 5.74) is 1.85. The number of hydroxylamine groups is 2. The minimum atomic E-state index is -0.714. The van der Waals surface area contributed by atoms with Crippen LogP contribution in [0.25, 0.3) is 5.65 Å². The van der Waals surface area contributed by atoms with Crippen LogP contribution in [0.3, 0.4) is 0 Å². The predicted octanol–water partition coefficient (Wildman–Crippen LogP) is 2.53. The van der Waals surface area contributed by atoms with E-state index in [-0.39, 0.29) is 16.5 Å². The summed E-state index contributed by atoms with van der Waals surface area (Å²) in [6, 6.07) is 7.57. The second-order valence-electron chi connectivity index (χ2n) is 8.05. The number of aromatic nitrogens is 3. The Morgan fingerprint density at radius 1 is 1.17 bits per heavy atom. The molecule has 0 bridgehead atoms. The van der Waals surface area contributed by atoms with Crippen LogP contribution in [0.2, 0.25) is 0 Å². The summed E-state index contributed by atoms with van der Waals surface area (Å²) in [4.78, 5) is 47.7. The first-order valence-electron chi connectivity index (χ1n) is 9.73. The minimum absolute atomic E-state index is 0.202. The molecule has 3 aromatic rings. The molecule has 1 aromatic carbocycles. The summed E-state index contributed by atoms with van der Waals surface area (Å²) in [5.74, 6) is -3.38. The van der Waals surface area contributed by atoms with Crippen molar-refractivity contribution in [3.63, 3.8) is 0 Å². The van der Waals surface area contributed by atoms with Crippen LogP contribution >= 0.6 is 0 Å². The number of carbonyl (C=O) groups excluding carboxylic acids is 3. The maximum absolute atomic E-state index is 13.8. The van der Waals surface area contributed by atoms with Gasteiger partial charge in [0.15, 0.2) is 5.65 Å². The normalized spacial score (nSPS) is 21.1. The number of rotatable bonds is 2. The average molecular weight is 406 g/mol. The molecule has 0 radical (unpaired) electrons. The number of benzene rings is 1. The van der Waals surface area contributed by atoms with Crippen molar-refractivity contribution in [2.24, 2.45) is 0 Å². The first kappa shape index (κ1) is 17.3. The zero-order valence-electron chi connectivity index (χ0n) is 15.7. The van der Waals surface area contributed by atoms with Crippen LogP contribution < -0.4 is 0 Å². The molecule has 1 spiro atoms. The van der Waals surface area contributed by atoms with E-state index in [0.29, 0.717) is 22.7 Å². The lowest BCUT2D eigenvalue weighted by atomic mass is 9.66. The van der Waals surface area contributed by atoms with E-state index in [2.05, 4.69) is 10.1 Å². The van der Waals surface area contributed by atoms with Crippen LogP contribution in [-0.4, -0.2) is 37.4 Å². The van der Waals surface area contributed by atoms with Crippen molar-refractivity contribution in [2.45, 2.75) is 37.0 Å². The molecule has 0 N–H and O–H groups in total. The summed E-state index contributed by atoms with van der Waals surface area (Å²) < 4.78 is 15.2. The molecule has 1 fully saturated rings. The van der Waals surface area contributed by atoms with Gasteiger partial charge in [0.2, 0.25) is 5.95 Å². The van der Waals surface area contributed by atoms with Gasteiger partial charge in [0, 0.05) is 23.2 Å². The van der Waals surface area contributed by atoms with Gasteiger partial charge in [-0.05, 0) is 31.4 Å². The number of halogens is 1. The molecule has 8 nitrogen and oxygen atoms in total. The fraction of sp³-hybridized carbons (Fsp3) is 0.286. The Balaban J connectivity index is 1.36. The first-order valence-corrected chi connectivity index (χ1v) is 9.73. The maximum atomic E-state index is 13.8. The van der Waals surface area contributed by atoms with Crippen LogP contribution in [0.15, 0.2) is 36.5 Å². The van der Waals surface area contributed by atoms with E-state index in [1.54, 1.807) is 18.3 Å². The molecule has 9 heteroatoms. The monoisotopic (exact) mass is 406 g/mol. The average Bonchev–Trinajstić information content (AvgIpc) is 3.34. The molecule has 3 heterocycles. The Labute approximate surface area is 169 Å². The van der Waals surface area contributed by atoms with Crippen molar-refractivity contribution in [1.29, 1.82) is 0 Å². The highest BCUT2D eigenvalue weighted by molar-refractivity contribution is 6.20. The lowest BCUT2D eigenvalue weighted by Gasteiger charge is -2.39. The Morgan fingerprint density at radius 3 is 2.50 bits per heavy atom. The van der Waals surface area contributed by atoms with E-state index < -0.39 is 29.6 Å². The van der Waals surface area contributed by atoms with Gasteiger partial charge >= 0.3 is 5.97 Å². The zero-order valence-corrected chi connectivity index (χ0v) is 15.7. The molecule has 150 valence electrons. The van der Waals surface area contributed by atoms with Gasteiger partial charge in [0.1, 0.15) is 0 Å². The third kappa shape index (κ3) is 2.11. The van der Waals surface area contributed by atoms with Gasteiger partial charge in [0.05, 0.1) is 22.7 Å². The molecule has 0 saturated heterocycles. The van der Waals surface area contributed by atoms with Gasteiger partial charge in [-0.1, -0.05) is 23.6 Å². The van der Waals surface area contributed by atoms with E-state index in [9.17, 15) is 18.8 Å². The fourth-order valence-corrected chi connectivity index (χ4v) is 4.96. The molecule has 2 aromatic heterocycles. The highest BCUT2D eigenvalue weighted by Crippen LogP contribution is 2.56. The van der Waals surface area contributed by atoms with E-state index in [0.717, 1.165) is 25.0 Å². The SMILES string of the molecule is O=C(ON1C(=O)c2ccccc2C1=O)C1CC2(CCC2)c2c1cnc1cc(F)nn21. The van der Waals surface area contributed by atoms with E-state index in [1.807, 2.05) is 0 Å². The third-order valence-corrected chi connectivity index (χ3v) is 6.49. The van der Waals surface area contributed by atoms with Crippen LogP contribution in [0, 0.1) is 5.95 Å². The van der Waals surface area contributed by atoms with Gasteiger partial charge in [0.25, 0.3) is 11.8 Å². The molecule has 1 atom stereocenters. The van der Waals surface area contributed by atoms with Crippen LogP contribution in [0.5, 0.6) is 0 Å². The molecule has 1 aliphatic heterocycles. The standard InChI is InChI=1S/C21H15FN4O4/c22-15-8-16-23-10-14-13(9-21(6-3-7-21)17(14)25(16)24-15)20(29)30-26-18(27)11-4-1-2-5-12(11)19(26)28/h1-2,4-5,8,10,13H,3,6-7,9H2. The highest BCUT2D eigenvalue weighted by atomic mass is 19.1. The number of carbonyl (C=O) groups is 3. The van der Waals surface area contributed by atoms with E-state index in [1.165, 1.54) is 22.7 Å². The van der Waals surface area contributed by atoms with Gasteiger partial charge in [-0.3, -0.25) is 9.59 Å². The molecular weight excluding hydrogens is 391 g/mol. The number of hydrogen-bond acceptors (Lipinski definition) is 6. The van der Waals surface area contributed by atoms with Gasteiger partial charge in [-0.25, -0.2) is 14.3 Å². The smallest absolute Gasteiger partial charge is 0.329 e. The predicted molar refractivity (Wildman–Crippen MR) is 98.9 cm³/mol. The van der Waals surface area contributed by atoms with Crippen molar-refractivity contribution >= 4 is 23.4 Å². The highest BCUT2D eigenvalue weighted by Gasteiger charge is 2.53. The Bertz CT molecular complexity index is 1240. The van der Waals surface area contributed by atoms with Crippen molar-refractivity contribution in [3.8, 4) is 0 Å². The number of hydrogen-bond donors (Lipinski definition) is 0.